The van der Waals surface area contributed by atoms with Gasteiger partial charge in [-0.3, -0.25) is 4.79 Å². The van der Waals surface area contributed by atoms with E-state index in [9.17, 15) is 9.18 Å². The first-order valence-corrected chi connectivity index (χ1v) is 9.73. The predicted molar refractivity (Wildman–Crippen MR) is 112 cm³/mol. The molecule has 0 aliphatic heterocycles. The second-order valence-electron chi connectivity index (χ2n) is 6.39. The monoisotopic (exact) mass is 441 g/mol. The van der Waals surface area contributed by atoms with Gasteiger partial charge in [0, 0.05) is 11.6 Å². The highest BCUT2D eigenvalue weighted by Gasteiger charge is 2.11. The van der Waals surface area contributed by atoms with Gasteiger partial charge in [0.05, 0.1) is 11.6 Å². The molecule has 0 unspecified atom stereocenters. The van der Waals surface area contributed by atoms with E-state index in [1.54, 1.807) is 48.5 Å². The van der Waals surface area contributed by atoms with Gasteiger partial charge >= 0.3 is 0 Å². The fraction of sp³-hybridized carbons (Fsp3) is 0.143. The molecule has 0 spiro atoms. The predicted octanol–water partition coefficient (Wildman–Crippen LogP) is 3.16. The lowest BCUT2D eigenvalue weighted by atomic mass is 10.2. The Balaban J connectivity index is 1.30. The van der Waals surface area contributed by atoms with Gasteiger partial charge in [-0.15, -0.1) is 15.3 Å². The summed E-state index contributed by atoms with van der Waals surface area (Å²) in [5.41, 5.74) is 1.20. The van der Waals surface area contributed by atoms with Gasteiger partial charge in [0.25, 0.3) is 5.91 Å². The van der Waals surface area contributed by atoms with Crippen molar-refractivity contribution in [3.05, 3.63) is 71.5 Å². The van der Waals surface area contributed by atoms with E-state index in [2.05, 4.69) is 20.6 Å². The molecule has 2 heterocycles. The number of rotatable bonds is 8. The zero-order valence-electron chi connectivity index (χ0n) is 16.2. The number of hydrogen-bond acceptors (Lipinski definition) is 6. The molecule has 1 amide bonds. The summed E-state index contributed by atoms with van der Waals surface area (Å²) in [6.45, 7) is 0.303. The molecular formula is C21H17ClFN5O3. The SMILES string of the molecule is O=C(COc1ccccc1Cl)NCCOc1ccc2nnc(-c3ccc(F)cc3)n2n1. The van der Waals surface area contributed by atoms with Crippen molar-refractivity contribution in [2.75, 3.05) is 19.8 Å². The Hall–Kier alpha value is -3.72. The minimum Gasteiger partial charge on any atom is -0.482 e. The van der Waals surface area contributed by atoms with E-state index >= 15 is 0 Å². The number of para-hydroxylation sites is 1. The lowest BCUT2D eigenvalue weighted by Crippen LogP contribution is -2.32. The van der Waals surface area contributed by atoms with E-state index in [0.717, 1.165) is 0 Å². The highest BCUT2D eigenvalue weighted by atomic mass is 35.5. The van der Waals surface area contributed by atoms with Crippen LogP contribution in [0.3, 0.4) is 0 Å². The van der Waals surface area contributed by atoms with E-state index in [1.165, 1.54) is 16.6 Å². The van der Waals surface area contributed by atoms with Crippen LogP contribution >= 0.6 is 11.6 Å². The third-order valence-electron chi connectivity index (χ3n) is 4.21. The van der Waals surface area contributed by atoms with Crippen molar-refractivity contribution in [3.8, 4) is 23.0 Å². The van der Waals surface area contributed by atoms with Crippen LogP contribution < -0.4 is 14.8 Å². The maximum absolute atomic E-state index is 13.2. The van der Waals surface area contributed by atoms with Gasteiger partial charge in [0.2, 0.25) is 5.88 Å². The number of benzene rings is 2. The number of nitrogens with one attached hydrogen (secondary N) is 1. The number of ether oxygens (including phenoxy) is 2. The van der Waals surface area contributed by atoms with Crippen molar-refractivity contribution in [2.45, 2.75) is 0 Å². The van der Waals surface area contributed by atoms with Crippen LogP contribution in [0.15, 0.2) is 60.7 Å². The molecule has 2 aromatic heterocycles. The fourth-order valence-electron chi connectivity index (χ4n) is 2.73. The largest absolute Gasteiger partial charge is 0.482 e. The molecule has 0 bridgehead atoms. The average Bonchev–Trinajstić information content (AvgIpc) is 3.20. The summed E-state index contributed by atoms with van der Waals surface area (Å²) in [7, 11) is 0. The van der Waals surface area contributed by atoms with Crippen LogP contribution in [0.4, 0.5) is 4.39 Å². The fourth-order valence-corrected chi connectivity index (χ4v) is 2.92. The highest BCUT2D eigenvalue weighted by molar-refractivity contribution is 6.32. The Morgan fingerprint density at radius 3 is 2.65 bits per heavy atom. The number of nitrogens with zero attached hydrogens (tertiary/aromatic N) is 4. The summed E-state index contributed by atoms with van der Waals surface area (Å²) < 4.78 is 25.7. The number of fused-ring (bicyclic) bond motifs is 1. The third-order valence-corrected chi connectivity index (χ3v) is 4.52. The summed E-state index contributed by atoms with van der Waals surface area (Å²) in [6.07, 6.45) is 0. The average molecular weight is 442 g/mol. The van der Waals surface area contributed by atoms with Gasteiger partial charge < -0.3 is 14.8 Å². The Bertz CT molecular complexity index is 1200. The van der Waals surface area contributed by atoms with E-state index in [1.807, 2.05) is 0 Å². The van der Waals surface area contributed by atoms with Crippen molar-refractivity contribution in [3.63, 3.8) is 0 Å². The van der Waals surface area contributed by atoms with Crippen molar-refractivity contribution < 1.29 is 18.7 Å². The third kappa shape index (κ3) is 5.07. The minimum absolute atomic E-state index is 0.157. The molecule has 0 atom stereocenters. The molecule has 8 nitrogen and oxygen atoms in total. The summed E-state index contributed by atoms with van der Waals surface area (Å²) >= 11 is 5.98. The topological polar surface area (TPSA) is 90.6 Å². The maximum atomic E-state index is 13.2. The summed E-state index contributed by atoms with van der Waals surface area (Å²) in [5, 5.41) is 15.6. The first-order valence-electron chi connectivity index (χ1n) is 9.35. The van der Waals surface area contributed by atoms with Crippen LogP contribution in [0.2, 0.25) is 5.02 Å². The summed E-state index contributed by atoms with van der Waals surface area (Å²) in [4.78, 5) is 11.9. The smallest absolute Gasteiger partial charge is 0.258 e. The number of aromatic nitrogens is 4. The molecule has 4 aromatic rings. The van der Waals surface area contributed by atoms with E-state index in [4.69, 9.17) is 21.1 Å². The molecule has 0 saturated carbocycles. The van der Waals surface area contributed by atoms with Gasteiger partial charge in [0.1, 0.15) is 18.2 Å². The summed E-state index contributed by atoms with van der Waals surface area (Å²) in [5.74, 6) is 0.597. The zero-order valence-corrected chi connectivity index (χ0v) is 16.9. The Kier molecular flexibility index (Phi) is 6.23. The first kappa shape index (κ1) is 20.5. The minimum atomic E-state index is -0.339. The van der Waals surface area contributed by atoms with E-state index in [0.29, 0.717) is 33.7 Å². The molecule has 10 heteroatoms. The van der Waals surface area contributed by atoms with Crippen LogP contribution in [0.25, 0.3) is 17.0 Å². The molecule has 1 N–H and O–H groups in total. The van der Waals surface area contributed by atoms with Crippen LogP contribution in [-0.2, 0) is 4.79 Å². The van der Waals surface area contributed by atoms with E-state index in [-0.39, 0.29) is 31.5 Å². The van der Waals surface area contributed by atoms with Gasteiger partial charge in [-0.1, -0.05) is 23.7 Å². The Labute approximate surface area is 181 Å². The normalized spacial score (nSPS) is 10.8. The Morgan fingerprint density at radius 1 is 1.03 bits per heavy atom. The molecule has 31 heavy (non-hydrogen) atoms. The van der Waals surface area contributed by atoms with Crippen LogP contribution in [-0.4, -0.2) is 45.5 Å². The number of hydrogen-bond donors (Lipinski definition) is 1. The van der Waals surface area contributed by atoms with Gasteiger partial charge in [-0.2, -0.15) is 4.52 Å². The molecule has 0 fully saturated rings. The van der Waals surface area contributed by atoms with Gasteiger partial charge in [0.15, 0.2) is 18.1 Å². The molecule has 0 aliphatic carbocycles. The van der Waals surface area contributed by atoms with Crippen molar-refractivity contribution in [1.29, 1.82) is 0 Å². The lowest BCUT2D eigenvalue weighted by Gasteiger charge is -2.09. The number of halogens is 2. The molecule has 0 aliphatic rings. The molecule has 0 radical (unpaired) electrons. The summed E-state index contributed by atoms with van der Waals surface area (Å²) in [6, 6.07) is 16.2. The van der Waals surface area contributed by atoms with Crippen LogP contribution in [0, 0.1) is 5.82 Å². The molecular weight excluding hydrogens is 425 g/mol. The maximum Gasteiger partial charge on any atom is 0.258 e. The van der Waals surface area contributed by atoms with Crippen molar-refractivity contribution in [2.24, 2.45) is 0 Å². The standard InChI is InChI=1S/C21H17ClFN5O3/c22-16-3-1-2-4-17(16)31-13-19(29)24-11-12-30-20-10-9-18-25-26-21(28(18)27-20)14-5-7-15(23)8-6-14/h1-10H,11-13H2,(H,24,29). The van der Waals surface area contributed by atoms with Crippen LogP contribution in [0.1, 0.15) is 0 Å². The quantitative estimate of drug-likeness (QED) is 0.422. The Morgan fingerprint density at radius 2 is 1.84 bits per heavy atom. The van der Waals surface area contributed by atoms with Crippen molar-refractivity contribution in [1.82, 2.24) is 25.1 Å². The van der Waals surface area contributed by atoms with Crippen LogP contribution in [0.5, 0.6) is 11.6 Å². The van der Waals surface area contributed by atoms with E-state index < -0.39 is 0 Å². The zero-order chi connectivity index (χ0) is 21.6. The molecule has 0 saturated heterocycles. The molecule has 158 valence electrons. The number of carbonyl (C=O) groups excluding carboxylic acids is 1. The second kappa shape index (κ2) is 9.40. The molecule has 4 rings (SSSR count). The highest BCUT2D eigenvalue weighted by Crippen LogP contribution is 2.23. The lowest BCUT2D eigenvalue weighted by molar-refractivity contribution is -0.123. The molecule has 2 aromatic carbocycles. The second-order valence-corrected chi connectivity index (χ2v) is 6.80. The van der Waals surface area contributed by atoms with Crippen molar-refractivity contribution >= 4 is 23.2 Å². The number of carbonyl (C=O) groups is 1. The number of amides is 1. The van der Waals surface area contributed by atoms with Gasteiger partial charge in [-0.05, 0) is 42.5 Å². The van der Waals surface area contributed by atoms with Gasteiger partial charge in [-0.25, -0.2) is 4.39 Å². The first-order chi connectivity index (χ1) is 15.1.